The molecule has 6 heteroatoms. The maximum atomic E-state index is 13.1. The van der Waals surface area contributed by atoms with Crippen LogP contribution in [0.1, 0.15) is 25.0 Å². The number of aliphatic hydroxyl groups excluding tert-OH is 1. The number of nitrogens with zero attached hydrogens (tertiary/aromatic N) is 1. The Hall–Kier alpha value is -2.86. The zero-order valence-electron chi connectivity index (χ0n) is 17.3. The minimum atomic E-state index is -0.680. The van der Waals surface area contributed by atoms with Gasteiger partial charge in [-0.25, -0.2) is 0 Å². The third kappa shape index (κ3) is 6.61. The van der Waals surface area contributed by atoms with E-state index >= 15 is 0 Å². The topological polar surface area (TPSA) is 78.9 Å². The highest BCUT2D eigenvalue weighted by atomic mass is 16.5. The first-order valence-electron chi connectivity index (χ1n) is 9.82. The highest BCUT2D eigenvalue weighted by Crippen LogP contribution is 2.19. The number of aliphatic hydroxyl groups is 1. The molecule has 0 radical (unpaired) electrons. The lowest BCUT2D eigenvalue weighted by Gasteiger charge is -2.32. The fourth-order valence-electron chi connectivity index (χ4n) is 3.08. The van der Waals surface area contributed by atoms with Crippen LogP contribution < -0.4 is 10.1 Å². The number of methoxy groups -OCH3 is 1. The second-order valence-corrected chi connectivity index (χ2v) is 7.19. The Balaban J connectivity index is 2.35. The van der Waals surface area contributed by atoms with E-state index in [4.69, 9.17) is 9.84 Å². The maximum Gasteiger partial charge on any atom is 0.243 e. The SMILES string of the molecule is COc1ccc(CN(C(=O)C(C)C)C(Cc2ccccc2)C(=O)NCCO)cc1. The Labute approximate surface area is 172 Å². The van der Waals surface area contributed by atoms with Gasteiger partial charge in [-0.15, -0.1) is 0 Å². The number of hydrogen-bond acceptors (Lipinski definition) is 4. The van der Waals surface area contributed by atoms with Gasteiger partial charge in [0.2, 0.25) is 11.8 Å². The summed E-state index contributed by atoms with van der Waals surface area (Å²) in [5.74, 6) is 0.112. The van der Waals surface area contributed by atoms with Crippen LogP contribution in [0.4, 0.5) is 0 Å². The largest absolute Gasteiger partial charge is 0.497 e. The van der Waals surface area contributed by atoms with Crippen molar-refractivity contribution in [1.82, 2.24) is 10.2 Å². The zero-order chi connectivity index (χ0) is 21.2. The number of hydrogen-bond donors (Lipinski definition) is 2. The monoisotopic (exact) mass is 398 g/mol. The summed E-state index contributed by atoms with van der Waals surface area (Å²) in [6.07, 6.45) is 0.396. The molecule has 0 fully saturated rings. The number of carbonyl (C=O) groups excluding carboxylic acids is 2. The normalized spacial score (nSPS) is 11.8. The molecule has 2 aromatic carbocycles. The molecule has 0 aliphatic heterocycles. The Kier molecular flexibility index (Phi) is 8.68. The lowest BCUT2D eigenvalue weighted by atomic mass is 10.0. The summed E-state index contributed by atoms with van der Waals surface area (Å²) in [6.45, 7) is 3.96. The summed E-state index contributed by atoms with van der Waals surface area (Å²) < 4.78 is 5.20. The molecule has 1 unspecified atom stereocenters. The van der Waals surface area contributed by atoms with E-state index in [0.29, 0.717) is 13.0 Å². The van der Waals surface area contributed by atoms with Crippen molar-refractivity contribution in [3.05, 3.63) is 65.7 Å². The number of amides is 2. The molecule has 156 valence electrons. The van der Waals surface area contributed by atoms with Crippen molar-refractivity contribution in [3.63, 3.8) is 0 Å². The van der Waals surface area contributed by atoms with Crippen molar-refractivity contribution in [2.24, 2.45) is 5.92 Å². The number of carbonyl (C=O) groups is 2. The smallest absolute Gasteiger partial charge is 0.243 e. The third-order valence-electron chi connectivity index (χ3n) is 4.65. The molecule has 6 nitrogen and oxygen atoms in total. The molecule has 2 rings (SSSR count). The van der Waals surface area contributed by atoms with E-state index in [1.807, 2.05) is 68.4 Å². The zero-order valence-corrected chi connectivity index (χ0v) is 17.3. The molecule has 0 saturated carbocycles. The predicted octanol–water partition coefficient (Wildman–Crippen LogP) is 2.40. The van der Waals surface area contributed by atoms with E-state index in [-0.39, 0.29) is 30.9 Å². The van der Waals surface area contributed by atoms with Crippen LogP contribution in [0.5, 0.6) is 5.75 Å². The van der Waals surface area contributed by atoms with E-state index in [9.17, 15) is 9.59 Å². The number of ether oxygens (including phenoxy) is 1. The molecule has 2 aromatic rings. The summed E-state index contributed by atoms with van der Waals surface area (Å²) in [4.78, 5) is 27.6. The van der Waals surface area contributed by atoms with Crippen LogP contribution in [0.2, 0.25) is 0 Å². The molecule has 0 spiro atoms. The van der Waals surface area contributed by atoms with Gasteiger partial charge in [-0.05, 0) is 23.3 Å². The van der Waals surface area contributed by atoms with Crippen LogP contribution in [0.3, 0.4) is 0 Å². The molecule has 0 saturated heterocycles. The van der Waals surface area contributed by atoms with E-state index in [0.717, 1.165) is 16.9 Å². The van der Waals surface area contributed by atoms with Gasteiger partial charge < -0.3 is 20.1 Å². The first-order valence-corrected chi connectivity index (χ1v) is 9.82. The van der Waals surface area contributed by atoms with Crippen LogP contribution in [0, 0.1) is 5.92 Å². The van der Waals surface area contributed by atoms with E-state index < -0.39 is 6.04 Å². The van der Waals surface area contributed by atoms with E-state index in [1.165, 1.54) is 0 Å². The standard InChI is InChI=1S/C23H30N2O4/c1-17(2)23(28)25(16-19-9-11-20(29-3)12-10-19)21(22(27)24-13-14-26)15-18-7-5-4-6-8-18/h4-12,17,21,26H,13-16H2,1-3H3,(H,24,27). The van der Waals surface area contributed by atoms with Crippen molar-refractivity contribution < 1.29 is 19.4 Å². The van der Waals surface area contributed by atoms with Gasteiger partial charge in [0.1, 0.15) is 11.8 Å². The quantitative estimate of drug-likeness (QED) is 0.644. The first kappa shape index (κ1) is 22.4. The fraction of sp³-hybridized carbons (Fsp3) is 0.391. The minimum absolute atomic E-state index is 0.0964. The second kappa shape index (κ2) is 11.2. The molecule has 0 bridgehead atoms. The number of nitrogens with one attached hydrogen (secondary N) is 1. The highest BCUT2D eigenvalue weighted by Gasteiger charge is 2.31. The maximum absolute atomic E-state index is 13.1. The Morgan fingerprint density at radius 3 is 2.24 bits per heavy atom. The summed E-state index contributed by atoms with van der Waals surface area (Å²) >= 11 is 0. The molecular formula is C23H30N2O4. The van der Waals surface area contributed by atoms with Gasteiger partial charge in [-0.3, -0.25) is 9.59 Å². The summed E-state index contributed by atoms with van der Waals surface area (Å²) in [7, 11) is 1.60. The summed E-state index contributed by atoms with van der Waals surface area (Å²) in [5.41, 5.74) is 1.88. The van der Waals surface area contributed by atoms with Gasteiger partial charge in [0.15, 0.2) is 0 Å². The Bertz CT molecular complexity index is 775. The molecule has 2 amide bonds. The molecule has 2 N–H and O–H groups in total. The predicted molar refractivity (Wildman–Crippen MR) is 112 cm³/mol. The molecule has 0 aromatic heterocycles. The van der Waals surface area contributed by atoms with Crippen LogP contribution in [-0.2, 0) is 22.6 Å². The molecule has 1 atom stereocenters. The van der Waals surface area contributed by atoms with Gasteiger partial charge in [0, 0.05) is 25.4 Å². The van der Waals surface area contributed by atoms with E-state index in [2.05, 4.69) is 5.32 Å². The van der Waals surface area contributed by atoms with Crippen molar-refractivity contribution in [1.29, 1.82) is 0 Å². The average Bonchev–Trinajstić information content (AvgIpc) is 2.75. The van der Waals surface area contributed by atoms with Crippen LogP contribution in [-0.4, -0.2) is 48.1 Å². The van der Waals surface area contributed by atoms with Gasteiger partial charge in [-0.2, -0.15) is 0 Å². The molecule has 0 heterocycles. The van der Waals surface area contributed by atoms with Crippen LogP contribution in [0.25, 0.3) is 0 Å². The number of rotatable bonds is 10. The van der Waals surface area contributed by atoms with Gasteiger partial charge in [0.05, 0.1) is 13.7 Å². The lowest BCUT2D eigenvalue weighted by Crippen LogP contribution is -2.52. The summed E-state index contributed by atoms with van der Waals surface area (Å²) in [6, 6.07) is 16.4. The van der Waals surface area contributed by atoms with Gasteiger partial charge >= 0.3 is 0 Å². The van der Waals surface area contributed by atoms with Crippen LogP contribution in [0.15, 0.2) is 54.6 Å². The van der Waals surface area contributed by atoms with Crippen molar-refractivity contribution in [2.75, 3.05) is 20.3 Å². The lowest BCUT2D eigenvalue weighted by molar-refractivity contribution is -0.143. The Morgan fingerprint density at radius 1 is 1.03 bits per heavy atom. The number of benzene rings is 2. The molecular weight excluding hydrogens is 368 g/mol. The third-order valence-corrected chi connectivity index (χ3v) is 4.65. The minimum Gasteiger partial charge on any atom is -0.497 e. The summed E-state index contributed by atoms with van der Waals surface area (Å²) in [5, 5.41) is 11.8. The van der Waals surface area contributed by atoms with E-state index in [1.54, 1.807) is 12.0 Å². The fourth-order valence-corrected chi connectivity index (χ4v) is 3.08. The van der Waals surface area contributed by atoms with Crippen molar-refractivity contribution >= 4 is 11.8 Å². The second-order valence-electron chi connectivity index (χ2n) is 7.19. The molecule has 0 aliphatic carbocycles. The average molecular weight is 399 g/mol. The van der Waals surface area contributed by atoms with Gasteiger partial charge in [0.25, 0.3) is 0 Å². The van der Waals surface area contributed by atoms with Crippen molar-refractivity contribution in [2.45, 2.75) is 32.9 Å². The van der Waals surface area contributed by atoms with Crippen molar-refractivity contribution in [3.8, 4) is 5.75 Å². The van der Waals surface area contributed by atoms with Crippen LogP contribution >= 0.6 is 0 Å². The Morgan fingerprint density at radius 2 is 1.69 bits per heavy atom. The molecule has 0 aliphatic rings. The highest BCUT2D eigenvalue weighted by molar-refractivity contribution is 5.88. The molecule has 29 heavy (non-hydrogen) atoms. The van der Waals surface area contributed by atoms with Gasteiger partial charge in [-0.1, -0.05) is 56.3 Å². The first-order chi connectivity index (χ1) is 14.0.